The molecule has 18 heavy (non-hydrogen) atoms. The van der Waals surface area contributed by atoms with Crippen molar-refractivity contribution in [1.82, 2.24) is 9.97 Å². The molecule has 0 bridgehead atoms. The summed E-state index contributed by atoms with van der Waals surface area (Å²) in [6.45, 7) is 0. The van der Waals surface area contributed by atoms with Crippen LogP contribution in [0.25, 0.3) is 11.0 Å². The SMILES string of the molecule is O=C(O)C1(c2ccc3nccnc3c2)CCCC1. The van der Waals surface area contributed by atoms with Crippen LogP contribution in [0, 0.1) is 0 Å². The summed E-state index contributed by atoms with van der Waals surface area (Å²) in [6, 6.07) is 5.62. The van der Waals surface area contributed by atoms with Crippen LogP contribution in [0.2, 0.25) is 0 Å². The topological polar surface area (TPSA) is 63.1 Å². The van der Waals surface area contributed by atoms with E-state index in [-0.39, 0.29) is 0 Å². The number of nitrogens with zero attached hydrogens (tertiary/aromatic N) is 2. The molecular formula is C14H14N2O2. The smallest absolute Gasteiger partial charge is 0.314 e. The number of carbonyl (C=O) groups is 1. The Morgan fingerprint density at radius 3 is 2.44 bits per heavy atom. The Morgan fingerprint density at radius 2 is 1.78 bits per heavy atom. The van der Waals surface area contributed by atoms with Gasteiger partial charge >= 0.3 is 5.97 Å². The molecule has 0 spiro atoms. The third-order valence-corrected chi connectivity index (χ3v) is 3.89. The van der Waals surface area contributed by atoms with Crippen LogP contribution in [0.3, 0.4) is 0 Å². The molecule has 0 radical (unpaired) electrons. The van der Waals surface area contributed by atoms with Crippen LogP contribution in [0.4, 0.5) is 0 Å². The van der Waals surface area contributed by atoms with Crippen LogP contribution in [-0.2, 0) is 10.2 Å². The van der Waals surface area contributed by atoms with Crippen LogP contribution in [0.15, 0.2) is 30.6 Å². The molecule has 4 nitrogen and oxygen atoms in total. The molecule has 92 valence electrons. The fourth-order valence-corrected chi connectivity index (χ4v) is 2.87. The zero-order valence-electron chi connectivity index (χ0n) is 9.97. The number of fused-ring (bicyclic) bond motifs is 1. The number of rotatable bonds is 2. The largest absolute Gasteiger partial charge is 0.481 e. The standard InChI is InChI=1S/C14H14N2O2/c17-13(18)14(5-1-2-6-14)10-3-4-11-12(9-10)16-8-7-15-11/h3-4,7-9H,1-2,5-6H2,(H,17,18). The lowest BCUT2D eigenvalue weighted by Gasteiger charge is -2.24. The maximum Gasteiger partial charge on any atom is 0.314 e. The molecule has 1 aromatic heterocycles. The fraction of sp³-hybridized carbons (Fsp3) is 0.357. The summed E-state index contributed by atoms with van der Waals surface area (Å²) < 4.78 is 0. The number of hydrogen-bond acceptors (Lipinski definition) is 3. The monoisotopic (exact) mass is 242 g/mol. The van der Waals surface area contributed by atoms with Gasteiger partial charge in [0.15, 0.2) is 0 Å². The average molecular weight is 242 g/mol. The molecular weight excluding hydrogens is 228 g/mol. The first-order valence-electron chi connectivity index (χ1n) is 6.17. The van der Waals surface area contributed by atoms with Crippen molar-refractivity contribution in [2.75, 3.05) is 0 Å². The van der Waals surface area contributed by atoms with Gasteiger partial charge in [-0.05, 0) is 30.5 Å². The summed E-state index contributed by atoms with van der Waals surface area (Å²) in [6.07, 6.45) is 6.66. The van der Waals surface area contributed by atoms with Gasteiger partial charge in [-0.1, -0.05) is 18.9 Å². The van der Waals surface area contributed by atoms with Crippen molar-refractivity contribution in [3.05, 3.63) is 36.2 Å². The predicted molar refractivity (Wildman–Crippen MR) is 67.3 cm³/mol. The van der Waals surface area contributed by atoms with Crippen LogP contribution in [0.5, 0.6) is 0 Å². The van der Waals surface area contributed by atoms with E-state index in [2.05, 4.69) is 9.97 Å². The number of hydrogen-bond donors (Lipinski definition) is 1. The number of aromatic nitrogens is 2. The molecule has 1 heterocycles. The summed E-state index contributed by atoms with van der Waals surface area (Å²) in [5.74, 6) is -0.719. The van der Waals surface area contributed by atoms with E-state index in [9.17, 15) is 9.90 Å². The van der Waals surface area contributed by atoms with Gasteiger partial charge in [-0.2, -0.15) is 0 Å². The van der Waals surface area contributed by atoms with Gasteiger partial charge in [-0.25, -0.2) is 0 Å². The van der Waals surface area contributed by atoms with Crippen LogP contribution < -0.4 is 0 Å². The molecule has 1 fully saturated rings. The van der Waals surface area contributed by atoms with E-state index in [1.165, 1.54) is 0 Å². The highest BCUT2D eigenvalue weighted by atomic mass is 16.4. The van der Waals surface area contributed by atoms with Crippen LogP contribution in [-0.4, -0.2) is 21.0 Å². The first-order valence-corrected chi connectivity index (χ1v) is 6.17. The Labute approximate surface area is 105 Å². The first-order chi connectivity index (χ1) is 8.72. The summed E-state index contributed by atoms with van der Waals surface area (Å²) >= 11 is 0. The first kappa shape index (κ1) is 11.1. The fourth-order valence-electron chi connectivity index (χ4n) is 2.87. The van der Waals surface area contributed by atoms with Gasteiger partial charge in [0.2, 0.25) is 0 Å². The Hall–Kier alpha value is -1.97. The maximum absolute atomic E-state index is 11.6. The lowest BCUT2D eigenvalue weighted by atomic mass is 9.79. The minimum absolute atomic E-state index is 0.716. The minimum Gasteiger partial charge on any atom is -0.481 e. The second kappa shape index (κ2) is 4.05. The quantitative estimate of drug-likeness (QED) is 0.878. The molecule has 0 aliphatic heterocycles. The molecule has 1 aromatic carbocycles. The van der Waals surface area contributed by atoms with Crippen molar-refractivity contribution in [1.29, 1.82) is 0 Å². The Bertz CT molecular complexity index is 604. The second-order valence-electron chi connectivity index (χ2n) is 4.85. The summed E-state index contributed by atoms with van der Waals surface area (Å²) in [5.41, 5.74) is 1.72. The molecule has 0 atom stereocenters. The third kappa shape index (κ3) is 1.56. The average Bonchev–Trinajstić information content (AvgIpc) is 2.89. The van der Waals surface area contributed by atoms with Crippen LogP contribution >= 0.6 is 0 Å². The van der Waals surface area contributed by atoms with E-state index in [0.29, 0.717) is 12.8 Å². The van der Waals surface area contributed by atoms with E-state index in [1.807, 2.05) is 18.2 Å². The van der Waals surface area contributed by atoms with Crippen LogP contribution in [0.1, 0.15) is 31.2 Å². The van der Waals surface area contributed by atoms with Gasteiger partial charge in [0.05, 0.1) is 16.4 Å². The van der Waals surface area contributed by atoms with Gasteiger partial charge in [-0.15, -0.1) is 0 Å². The molecule has 1 saturated carbocycles. The molecule has 1 N–H and O–H groups in total. The zero-order chi connectivity index (χ0) is 12.6. The molecule has 1 aliphatic rings. The number of carboxylic acids is 1. The predicted octanol–water partition coefficient (Wildman–Crippen LogP) is 2.53. The van der Waals surface area contributed by atoms with Crippen molar-refractivity contribution in [3.63, 3.8) is 0 Å². The van der Waals surface area contributed by atoms with Crippen molar-refractivity contribution >= 4 is 17.0 Å². The summed E-state index contributed by atoms with van der Waals surface area (Å²) in [7, 11) is 0. The van der Waals surface area contributed by atoms with E-state index in [1.54, 1.807) is 12.4 Å². The van der Waals surface area contributed by atoms with E-state index >= 15 is 0 Å². The molecule has 2 aromatic rings. The normalized spacial score (nSPS) is 18.0. The minimum atomic E-state index is -0.719. The van der Waals surface area contributed by atoms with Crippen molar-refractivity contribution in [3.8, 4) is 0 Å². The van der Waals surface area contributed by atoms with Crippen molar-refractivity contribution in [2.24, 2.45) is 0 Å². The Morgan fingerprint density at radius 1 is 1.11 bits per heavy atom. The Balaban J connectivity index is 2.15. The highest BCUT2D eigenvalue weighted by Crippen LogP contribution is 2.41. The van der Waals surface area contributed by atoms with Crippen molar-refractivity contribution in [2.45, 2.75) is 31.1 Å². The molecule has 0 unspecified atom stereocenters. The summed E-state index contributed by atoms with van der Waals surface area (Å²) in [4.78, 5) is 20.1. The summed E-state index contributed by atoms with van der Waals surface area (Å²) in [5, 5.41) is 9.55. The van der Waals surface area contributed by atoms with Gasteiger partial charge in [0.25, 0.3) is 0 Å². The molecule has 3 rings (SSSR count). The van der Waals surface area contributed by atoms with E-state index < -0.39 is 11.4 Å². The third-order valence-electron chi connectivity index (χ3n) is 3.89. The van der Waals surface area contributed by atoms with Gasteiger partial charge in [0.1, 0.15) is 0 Å². The molecule has 0 saturated heterocycles. The number of benzene rings is 1. The van der Waals surface area contributed by atoms with E-state index in [4.69, 9.17) is 0 Å². The maximum atomic E-state index is 11.6. The van der Waals surface area contributed by atoms with Gasteiger partial charge in [-0.3, -0.25) is 14.8 Å². The van der Waals surface area contributed by atoms with E-state index in [0.717, 1.165) is 29.4 Å². The highest BCUT2D eigenvalue weighted by molar-refractivity contribution is 5.84. The molecule has 1 aliphatic carbocycles. The highest BCUT2D eigenvalue weighted by Gasteiger charge is 2.42. The second-order valence-corrected chi connectivity index (χ2v) is 4.85. The molecule has 0 amide bonds. The molecule has 4 heteroatoms. The Kier molecular flexibility index (Phi) is 2.51. The lowest BCUT2D eigenvalue weighted by Crippen LogP contribution is -2.32. The number of aliphatic carboxylic acids is 1. The number of carboxylic acid groups (broad SMARTS) is 1. The zero-order valence-corrected chi connectivity index (χ0v) is 9.97. The van der Waals surface area contributed by atoms with Gasteiger partial charge in [0, 0.05) is 12.4 Å². The van der Waals surface area contributed by atoms with Crippen molar-refractivity contribution < 1.29 is 9.90 Å². The van der Waals surface area contributed by atoms with Gasteiger partial charge < -0.3 is 5.11 Å². The lowest BCUT2D eigenvalue weighted by molar-refractivity contribution is -0.143.